The average Bonchev–Trinajstić information content (AvgIpc) is 2.49. The first-order chi connectivity index (χ1) is 10.1. The van der Waals surface area contributed by atoms with Crippen LogP contribution in [-0.4, -0.2) is 38.2 Å². The van der Waals surface area contributed by atoms with Crippen molar-refractivity contribution in [3.05, 3.63) is 29.3 Å². The van der Waals surface area contributed by atoms with Gasteiger partial charge in [-0.05, 0) is 48.9 Å². The third kappa shape index (κ3) is 6.50. The molecule has 0 unspecified atom stereocenters. The number of halogens is 2. The van der Waals surface area contributed by atoms with E-state index in [2.05, 4.69) is 49.2 Å². The van der Waals surface area contributed by atoms with Crippen molar-refractivity contribution >= 4 is 24.8 Å². The van der Waals surface area contributed by atoms with Crippen LogP contribution in [0.3, 0.4) is 0 Å². The lowest BCUT2D eigenvalue weighted by atomic mass is 9.93. The summed E-state index contributed by atoms with van der Waals surface area (Å²) in [6.07, 6.45) is 2.52. The Morgan fingerprint density at radius 2 is 1.78 bits per heavy atom. The zero-order valence-electron chi connectivity index (χ0n) is 14.8. The Hall–Kier alpha value is -0.480. The summed E-state index contributed by atoms with van der Waals surface area (Å²) < 4.78 is 5.35. The fourth-order valence-corrected chi connectivity index (χ4v) is 3.17. The van der Waals surface area contributed by atoms with Gasteiger partial charge >= 0.3 is 0 Å². The number of aryl methyl sites for hydroxylation is 1. The number of benzene rings is 1. The molecule has 1 aliphatic rings. The molecule has 0 bridgehead atoms. The zero-order valence-corrected chi connectivity index (χ0v) is 16.4. The second-order valence-electron chi connectivity index (χ2n) is 6.50. The molecule has 1 saturated heterocycles. The van der Waals surface area contributed by atoms with E-state index in [-0.39, 0.29) is 24.8 Å². The van der Waals surface area contributed by atoms with Crippen LogP contribution in [0.2, 0.25) is 0 Å². The van der Waals surface area contributed by atoms with Crippen molar-refractivity contribution in [3.63, 3.8) is 0 Å². The van der Waals surface area contributed by atoms with Gasteiger partial charge in [0.05, 0.1) is 7.11 Å². The lowest BCUT2D eigenvalue weighted by Crippen LogP contribution is -2.45. The minimum absolute atomic E-state index is 0. The molecule has 1 aromatic carbocycles. The van der Waals surface area contributed by atoms with Crippen LogP contribution in [0.1, 0.15) is 43.9 Å². The average molecular weight is 363 g/mol. The van der Waals surface area contributed by atoms with Gasteiger partial charge in [-0.2, -0.15) is 0 Å². The molecular formula is C18H32Cl2N2O. The lowest BCUT2D eigenvalue weighted by Gasteiger charge is -2.36. The van der Waals surface area contributed by atoms with Gasteiger partial charge in [0, 0.05) is 32.2 Å². The number of ether oxygens (including phenoxy) is 1. The molecule has 1 N–H and O–H groups in total. The first-order valence-corrected chi connectivity index (χ1v) is 8.21. The minimum Gasteiger partial charge on any atom is -0.497 e. The maximum atomic E-state index is 5.35. The number of rotatable bonds is 6. The van der Waals surface area contributed by atoms with E-state index in [1.807, 2.05) is 0 Å². The van der Waals surface area contributed by atoms with Gasteiger partial charge in [-0.3, -0.25) is 4.90 Å². The third-order valence-electron chi connectivity index (χ3n) is 4.45. The molecule has 0 amide bonds. The summed E-state index contributed by atoms with van der Waals surface area (Å²) in [6, 6.07) is 7.08. The number of hydrogen-bond donors (Lipinski definition) is 1. The van der Waals surface area contributed by atoms with Crippen LogP contribution >= 0.6 is 24.8 Å². The predicted molar refractivity (Wildman–Crippen MR) is 103 cm³/mol. The third-order valence-corrected chi connectivity index (χ3v) is 4.45. The Morgan fingerprint density at radius 1 is 1.13 bits per heavy atom. The van der Waals surface area contributed by atoms with E-state index in [9.17, 15) is 0 Å². The first kappa shape index (κ1) is 22.5. The largest absolute Gasteiger partial charge is 0.497 e. The maximum absolute atomic E-state index is 5.35. The highest BCUT2D eigenvalue weighted by molar-refractivity contribution is 5.85. The van der Waals surface area contributed by atoms with Crippen molar-refractivity contribution in [1.82, 2.24) is 10.2 Å². The van der Waals surface area contributed by atoms with Crippen molar-refractivity contribution < 1.29 is 4.74 Å². The van der Waals surface area contributed by atoms with E-state index in [1.54, 1.807) is 7.11 Å². The Balaban J connectivity index is 0.00000242. The van der Waals surface area contributed by atoms with Crippen LogP contribution in [0.25, 0.3) is 0 Å². The van der Waals surface area contributed by atoms with E-state index in [4.69, 9.17) is 4.74 Å². The Labute approximate surface area is 154 Å². The normalized spacial score (nSPS) is 16.4. The lowest BCUT2D eigenvalue weighted by molar-refractivity contribution is 0.159. The number of piperazine rings is 1. The van der Waals surface area contributed by atoms with Gasteiger partial charge in [0.15, 0.2) is 0 Å². The summed E-state index contributed by atoms with van der Waals surface area (Å²) in [5, 5.41) is 3.46. The first-order valence-electron chi connectivity index (χ1n) is 8.21. The summed E-state index contributed by atoms with van der Waals surface area (Å²) in [6.45, 7) is 11.3. The molecule has 0 radical (unpaired) electrons. The second kappa shape index (κ2) is 11.1. The predicted octanol–water partition coefficient (Wildman–Crippen LogP) is 4.23. The van der Waals surface area contributed by atoms with Crippen molar-refractivity contribution in [2.45, 2.75) is 39.7 Å². The van der Waals surface area contributed by atoms with Crippen LogP contribution in [0, 0.1) is 12.8 Å². The quantitative estimate of drug-likeness (QED) is 0.819. The summed E-state index contributed by atoms with van der Waals surface area (Å²) in [5.41, 5.74) is 2.82. The standard InChI is InChI=1S/C18H30N2O.2ClH/c1-14(2)5-8-18(20-11-9-19-10-12-20)17-7-6-16(21-4)13-15(17)3;;/h6-7,13-14,18-19H,5,8-12H2,1-4H3;2*1H/t18-;;/m1../s1. The smallest absolute Gasteiger partial charge is 0.119 e. The summed E-state index contributed by atoms with van der Waals surface area (Å²) in [7, 11) is 1.74. The molecule has 3 nitrogen and oxygen atoms in total. The minimum atomic E-state index is 0. The zero-order chi connectivity index (χ0) is 15.2. The van der Waals surface area contributed by atoms with Gasteiger partial charge in [0.1, 0.15) is 5.75 Å². The molecule has 2 rings (SSSR count). The SMILES string of the molecule is COc1ccc([C@@H](CCC(C)C)N2CCNCC2)c(C)c1.Cl.Cl. The van der Waals surface area contributed by atoms with Crippen LogP contribution in [-0.2, 0) is 0 Å². The number of nitrogens with zero attached hydrogens (tertiary/aromatic N) is 1. The van der Waals surface area contributed by atoms with Gasteiger partial charge in [-0.1, -0.05) is 19.9 Å². The molecule has 5 heteroatoms. The second-order valence-corrected chi connectivity index (χ2v) is 6.50. The molecule has 23 heavy (non-hydrogen) atoms. The molecule has 0 aromatic heterocycles. The van der Waals surface area contributed by atoms with E-state index in [0.717, 1.165) is 37.8 Å². The van der Waals surface area contributed by atoms with Gasteiger partial charge in [0.25, 0.3) is 0 Å². The highest BCUT2D eigenvalue weighted by atomic mass is 35.5. The Bertz CT molecular complexity index is 449. The molecular weight excluding hydrogens is 331 g/mol. The van der Waals surface area contributed by atoms with Gasteiger partial charge < -0.3 is 10.1 Å². The molecule has 1 aliphatic heterocycles. The van der Waals surface area contributed by atoms with E-state index >= 15 is 0 Å². The van der Waals surface area contributed by atoms with E-state index < -0.39 is 0 Å². The molecule has 1 heterocycles. The molecule has 1 atom stereocenters. The Kier molecular flexibility index (Phi) is 10.9. The van der Waals surface area contributed by atoms with Gasteiger partial charge in [-0.25, -0.2) is 0 Å². The highest BCUT2D eigenvalue weighted by Crippen LogP contribution is 2.31. The molecule has 0 aliphatic carbocycles. The number of hydrogen-bond acceptors (Lipinski definition) is 3. The van der Waals surface area contributed by atoms with Crippen LogP contribution < -0.4 is 10.1 Å². The van der Waals surface area contributed by atoms with Crippen molar-refractivity contribution in [3.8, 4) is 5.75 Å². The monoisotopic (exact) mass is 362 g/mol. The molecule has 1 fully saturated rings. The van der Waals surface area contributed by atoms with Gasteiger partial charge in [-0.15, -0.1) is 24.8 Å². The molecule has 134 valence electrons. The summed E-state index contributed by atoms with van der Waals surface area (Å²) in [5.74, 6) is 1.72. The van der Waals surface area contributed by atoms with Crippen LogP contribution in [0.15, 0.2) is 18.2 Å². The van der Waals surface area contributed by atoms with Gasteiger partial charge in [0.2, 0.25) is 0 Å². The topological polar surface area (TPSA) is 24.5 Å². The fraction of sp³-hybridized carbons (Fsp3) is 0.667. The molecule has 0 saturated carbocycles. The molecule has 0 spiro atoms. The Morgan fingerprint density at radius 3 is 2.30 bits per heavy atom. The van der Waals surface area contributed by atoms with E-state index in [0.29, 0.717) is 6.04 Å². The summed E-state index contributed by atoms with van der Waals surface area (Å²) in [4.78, 5) is 2.65. The highest BCUT2D eigenvalue weighted by Gasteiger charge is 2.23. The van der Waals surface area contributed by atoms with Crippen molar-refractivity contribution in [1.29, 1.82) is 0 Å². The van der Waals surface area contributed by atoms with Crippen molar-refractivity contribution in [2.24, 2.45) is 5.92 Å². The van der Waals surface area contributed by atoms with Crippen LogP contribution in [0.4, 0.5) is 0 Å². The fourth-order valence-electron chi connectivity index (χ4n) is 3.17. The number of nitrogens with one attached hydrogen (secondary N) is 1. The van der Waals surface area contributed by atoms with E-state index in [1.165, 1.54) is 24.0 Å². The maximum Gasteiger partial charge on any atom is 0.119 e. The number of methoxy groups -OCH3 is 1. The summed E-state index contributed by atoms with van der Waals surface area (Å²) >= 11 is 0. The van der Waals surface area contributed by atoms with Crippen LogP contribution in [0.5, 0.6) is 5.75 Å². The molecule has 1 aromatic rings. The van der Waals surface area contributed by atoms with Crippen molar-refractivity contribution in [2.75, 3.05) is 33.3 Å².